The predicted octanol–water partition coefficient (Wildman–Crippen LogP) is -0.215. The van der Waals surface area contributed by atoms with E-state index in [2.05, 4.69) is 5.43 Å². The number of carbonyl (C=O) groups excluding carboxylic acids is 1. The van der Waals surface area contributed by atoms with Crippen LogP contribution in [0.4, 0.5) is 0 Å². The highest BCUT2D eigenvalue weighted by molar-refractivity contribution is 8.04. The lowest BCUT2D eigenvalue weighted by atomic mass is 9.77. The molecule has 1 aromatic rings. The first-order valence-electron chi connectivity index (χ1n) is 6.19. The molecule has 1 unspecified atom stereocenters. The molecule has 7 nitrogen and oxygen atoms in total. The average Bonchev–Trinajstić information content (AvgIpc) is 2.47. The monoisotopic (exact) mass is 309 g/mol. The van der Waals surface area contributed by atoms with Crippen LogP contribution in [0.25, 0.3) is 0 Å². The maximum absolute atomic E-state index is 11.2. The third-order valence-corrected chi connectivity index (χ3v) is 4.16. The molecule has 9 heteroatoms. The molecular weight excluding hydrogens is 293 g/mol. The molecule has 0 fully saturated rings. The number of hydrogen-bond acceptors (Lipinski definition) is 8. The molecule has 0 aromatic heterocycles. The van der Waals surface area contributed by atoms with E-state index >= 15 is 0 Å². The van der Waals surface area contributed by atoms with E-state index < -0.39 is 7.12 Å². The van der Waals surface area contributed by atoms with Crippen LogP contribution in [0.15, 0.2) is 23.4 Å². The van der Waals surface area contributed by atoms with Crippen LogP contribution in [0.3, 0.4) is 0 Å². The number of carbonyl (C=O) groups is 1. The second-order valence-electron chi connectivity index (χ2n) is 4.37. The van der Waals surface area contributed by atoms with Gasteiger partial charge in [0, 0.05) is 6.20 Å². The average molecular weight is 309 g/mol. The summed E-state index contributed by atoms with van der Waals surface area (Å²) in [7, 11) is 0.385. The zero-order valence-corrected chi connectivity index (χ0v) is 12.2. The van der Waals surface area contributed by atoms with Crippen LogP contribution in [0.1, 0.15) is 15.9 Å². The Kier molecular flexibility index (Phi) is 5.00. The van der Waals surface area contributed by atoms with Crippen LogP contribution in [0, 0.1) is 0 Å². The summed E-state index contributed by atoms with van der Waals surface area (Å²) < 4.78 is 10.6. The minimum absolute atomic E-state index is 0.296. The molecule has 6 N–H and O–H groups in total. The van der Waals surface area contributed by atoms with Crippen molar-refractivity contribution < 1.29 is 19.2 Å². The SMILES string of the molecule is COc1ccc2c(c1C=O)OB(O)C(S/C(N)=C/NN)C2. The fourth-order valence-corrected chi connectivity index (χ4v) is 3.04. The van der Waals surface area contributed by atoms with Crippen molar-refractivity contribution in [2.45, 2.75) is 11.6 Å². The van der Waals surface area contributed by atoms with Gasteiger partial charge in [-0.1, -0.05) is 6.07 Å². The number of methoxy groups -OCH3 is 1. The van der Waals surface area contributed by atoms with Gasteiger partial charge in [0.25, 0.3) is 0 Å². The molecule has 0 radical (unpaired) electrons. The van der Waals surface area contributed by atoms with Crippen molar-refractivity contribution in [3.05, 3.63) is 34.5 Å². The van der Waals surface area contributed by atoms with E-state index in [9.17, 15) is 9.82 Å². The van der Waals surface area contributed by atoms with Gasteiger partial charge < -0.3 is 25.6 Å². The summed E-state index contributed by atoms with van der Waals surface area (Å²) in [5.74, 6) is 5.92. The number of ether oxygens (including phenoxy) is 1. The molecule has 2 rings (SSSR count). The second-order valence-corrected chi connectivity index (χ2v) is 5.68. The summed E-state index contributed by atoms with van der Waals surface area (Å²) in [6.07, 6.45) is 2.59. The van der Waals surface area contributed by atoms with E-state index in [1.165, 1.54) is 25.1 Å². The van der Waals surface area contributed by atoms with Crippen LogP contribution in [0.2, 0.25) is 0 Å². The number of hydrazine groups is 1. The standard InChI is InChI=1S/C12H16BN3O4S/c1-19-9-3-2-7-4-10(21-11(14)5-16-15)13(18)20-12(7)8(9)6-17/h2-3,5-6,10,16,18H,4,14-15H2,1H3/b11-5+. The van der Waals surface area contributed by atoms with Crippen molar-refractivity contribution >= 4 is 25.2 Å². The topological polar surface area (TPSA) is 120 Å². The maximum Gasteiger partial charge on any atom is 0.537 e. The molecule has 0 aliphatic carbocycles. The van der Waals surface area contributed by atoms with Gasteiger partial charge in [0.05, 0.1) is 22.9 Å². The second kappa shape index (κ2) is 6.75. The number of thioether (sulfide) groups is 1. The third kappa shape index (κ3) is 3.26. The Morgan fingerprint density at radius 3 is 3.05 bits per heavy atom. The van der Waals surface area contributed by atoms with Crippen molar-refractivity contribution in [1.82, 2.24) is 5.43 Å². The van der Waals surface area contributed by atoms with Crippen molar-refractivity contribution in [1.29, 1.82) is 0 Å². The lowest BCUT2D eigenvalue weighted by Crippen LogP contribution is -2.41. The largest absolute Gasteiger partial charge is 0.537 e. The summed E-state index contributed by atoms with van der Waals surface area (Å²) >= 11 is 1.24. The van der Waals surface area contributed by atoms with Gasteiger partial charge in [-0.2, -0.15) is 0 Å². The lowest BCUT2D eigenvalue weighted by molar-refractivity contribution is 0.111. The van der Waals surface area contributed by atoms with Crippen LogP contribution < -0.4 is 26.4 Å². The molecule has 1 aliphatic rings. The number of benzene rings is 1. The minimum atomic E-state index is -1.09. The van der Waals surface area contributed by atoms with Crippen molar-refractivity contribution in [2.24, 2.45) is 11.6 Å². The number of hydrogen-bond donors (Lipinski definition) is 4. The van der Waals surface area contributed by atoms with Crippen molar-refractivity contribution in [2.75, 3.05) is 7.11 Å². The number of fused-ring (bicyclic) bond motifs is 1. The molecule has 0 saturated carbocycles. The number of rotatable bonds is 5. The highest BCUT2D eigenvalue weighted by Crippen LogP contribution is 2.38. The molecule has 0 saturated heterocycles. The molecule has 1 atom stereocenters. The first kappa shape index (κ1) is 15.6. The van der Waals surface area contributed by atoms with E-state index in [1.54, 1.807) is 6.07 Å². The fraction of sp³-hybridized carbons (Fsp3) is 0.250. The highest BCUT2D eigenvalue weighted by Gasteiger charge is 2.37. The Balaban J connectivity index is 2.28. The third-order valence-electron chi connectivity index (χ3n) is 3.07. The van der Waals surface area contributed by atoms with Crippen molar-refractivity contribution in [3.8, 4) is 11.5 Å². The zero-order valence-electron chi connectivity index (χ0n) is 11.4. The molecule has 0 amide bonds. The van der Waals surface area contributed by atoms with Crippen molar-refractivity contribution in [3.63, 3.8) is 0 Å². The number of aldehydes is 1. The van der Waals surface area contributed by atoms with E-state index in [4.69, 9.17) is 21.0 Å². The first-order chi connectivity index (χ1) is 10.1. The van der Waals surface area contributed by atoms with Gasteiger partial charge >= 0.3 is 7.12 Å². The van der Waals surface area contributed by atoms with Crippen LogP contribution in [0.5, 0.6) is 11.5 Å². The molecule has 1 heterocycles. The normalized spacial score (nSPS) is 17.8. The van der Waals surface area contributed by atoms with Crippen LogP contribution in [-0.2, 0) is 6.42 Å². The van der Waals surface area contributed by atoms with E-state index in [0.717, 1.165) is 5.56 Å². The summed E-state index contributed by atoms with van der Waals surface area (Å²) in [6, 6.07) is 3.51. The minimum Gasteiger partial charge on any atom is -0.535 e. The van der Waals surface area contributed by atoms with E-state index in [1.807, 2.05) is 6.07 Å². The predicted molar refractivity (Wildman–Crippen MR) is 81.7 cm³/mol. The molecule has 0 spiro atoms. The van der Waals surface area contributed by atoms with Gasteiger partial charge in [-0.05, 0) is 18.1 Å². The molecule has 112 valence electrons. The van der Waals surface area contributed by atoms with Gasteiger partial charge in [-0.25, -0.2) is 0 Å². The molecular formula is C12H16BN3O4S. The van der Waals surface area contributed by atoms with E-state index in [0.29, 0.717) is 34.8 Å². The lowest BCUT2D eigenvalue weighted by Gasteiger charge is -2.28. The zero-order chi connectivity index (χ0) is 15.4. The quantitative estimate of drug-likeness (QED) is 0.255. The van der Waals surface area contributed by atoms with Gasteiger partial charge in [0.1, 0.15) is 11.5 Å². The van der Waals surface area contributed by atoms with Crippen LogP contribution >= 0.6 is 11.8 Å². The summed E-state index contributed by atoms with van der Waals surface area (Å²) in [6.45, 7) is 0. The number of nitrogens with two attached hydrogens (primary N) is 2. The Hall–Kier alpha value is -1.84. The van der Waals surface area contributed by atoms with E-state index in [-0.39, 0.29) is 5.15 Å². The Morgan fingerprint density at radius 1 is 1.67 bits per heavy atom. The van der Waals surface area contributed by atoms with Crippen LogP contribution in [-0.4, -0.2) is 30.7 Å². The molecule has 1 aromatic carbocycles. The first-order valence-corrected chi connectivity index (χ1v) is 7.06. The summed E-state index contributed by atoms with van der Waals surface area (Å²) in [5, 5.41) is 10.2. The Labute approximate surface area is 126 Å². The highest BCUT2D eigenvalue weighted by atomic mass is 32.2. The number of nitrogens with one attached hydrogen (secondary N) is 1. The molecule has 21 heavy (non-hydrogen) atoms. The fourth-order valence-electron chi connectivity index (χ4n) is 2.12. The maximum atomic E-state index is 11.2. The van der Waals surface area contributed by atoms with Gasteiger partial charge in [0.15, 0.2) is 6.29 Å². The molecule has 1 aliphatic heterocycles. The summed E-state index contributed by atoms with van der Waals surface area (Å²) in [5.41, 5.74) is 9.18. The molecule has 0 bridgehead atoms. The van der Waals surface area contributed by atoms with Gasteiger partial charge in [0.2, 0.25) is 0 Å². The van der Waals surface area contributed by atoms with Gasteiger partial charge in [-0.3, -0.25) is 10.6 Å². The smallest absolute Gasteiger partial charge is 0.535 e. The summed E-state index contributed by atoms with van der Waals surface area (Å²) in [4.78, 5) is 11.2. The van der Waals surface area contributed by atoms with Gasteiger partial charge in [-0.15, -0.1) is 11.8 Å². The Bertz CT molecular complexity index is 570. The Morgan fingerprint density at radius 2 is 2.43 bits per heavy atom.